The molecule has 1 saturated heterocycles. The number of carbonyl (C=O) groups is 1. The number of amides is 1. The maximum Gasteiger partial charge on any atom is 0.226 e. The number of nitrogens with zero attached hydrogens (tertiary/aromatic N) is 1. The Kier molecular flexibility index (Phi) is 5.83. The molecule has 4 nitrogen and oxygen atoms in total. The molecular formula is C18H28N2O2. The van der Waals surface area contributed by atoms with Gasteiger partial charge in [0.05, 0.1) is 13.0 Å². The van der Waals surface area contributed by atoms with Crippen LogP contribution in [-0.2, 0) is 4.79 Å². The first-order chi connectivity index (χ1) is 10.5. The van der Waals surface area contributed by atoms with Crippen LogP contribution in [-0.4, -0.2) is 36.0 Å². The summed E-state index contributed by atoms with van der Waals surface area (Å²) in [5.41, 5.74) is 8.29. The molecule has 2 atom stereocenters. The summed E-state index contributed by atoms with van der Waals surface area (Å²) in [5.74, 6) is 1.03. The van der Waals surface area contributed by atoms with Gasteiger partial charge in [0.1, 0.15) is 5.75 Å². The lowest BCUT2D eigenvalue weighted by molar-refractivity contribution is -0.135. The minimum Gasteiger partial charge on any atom is -0.493 e. The van der Waals surface area contributed by atoms with Gasteiger partial charge in [0, 0.05) is 18.6 Å². The molecule has 0 spiro atoms. The molecular weight excluding hydrogens is 276 g/mol. The van der Waals surface area contributed by atoms with Crippen molar-refractivity contribution >= 4 is 5.91 Å². The lowest BCUT2D eigenvalue weighted by Gasteiger charge is -2.38. The Morgan fingerprint density at radius 2 is 2.18 bits per heavy atom. The molecule has 122 valence electrons. The highest BCUT2D eigenvalue weighted by molar-refractivity contribution is 5.76. The Morgan fingerprint density at radius 1 is 1.41 bits per heavy atom. The predicted octanol–water partition coefficient (Wildman–Crippen LogP) is 2.80. The molecule has 1 heterocycles. The molecule has 1 fully saturated rings. The fourth-order valence-electron chi connectivity index (χ4n) is 3.07. The first-order valence-electron chi connectivity index (χ1n) is 8.24. The Hall–Kier alpha value is -1.55. The van der Waals surface area contributed by atoms with Gasteiger partial charge < -0.3 is 15.4 Å². The van der Waals surface area contributed by atoms with Gasteiger partial charge in [-0.05, 0) is 57.2 Å². The first-order valence-corrected chi connectivity index (χ1v) is 8.24. The second kappa shape index (κ2) is 7.63. The highest BCUT2D eigenvalue weighted by atomic mass is 16.5. The van der Waals surface area contributed by atoms with Crippen LogP contribution in [0.15, 0.2) is 18.2 Å². The second-order valence-electron chi connectivity index (χ2n) is 6.38. The van der Waals surface area contributed by atoms with Gasteiger partial charge in [0.2, 0.25) is 5.91 Å². The fourth-order valence-corrected chi connectivity index (χ4v) is 3.07. The Balaban J connectivity index is 1.88. The zero-order valence-corrected chi connectivity index (χ0v) is 14.0. The monoisotopic (exact) mass is 304 g/mol. The van der Waals surface area contributed by atoms with Gasteiger partial charge in [0.15, 0.2) is 0 Å². The molecule has 2 rings (SSSR count). The lowest BCUT2D eigenvalue weighted by atomic mass is 9.96. The van der Waals surface area contributed by atoms with Gasteiger partial charge in [-0.25, -0.2) is 0 Å². The largest absolute Gasteiger partial charge is 0.493 e. The van der Waals surface area contributed by atoms with Crippen LogP contribution in [0.1, 0.15) is 43.7 Å². The zero-order chi connectivity index (χ0) is 16.1. The maximum atomic E-state index is 12.4. The fraction of sp³-hybridized carbons (Fsp3) is 0.611. The van der Waals surface area contributed by atoms with E-state index in [0.717, 1.165) is 37.1 Å². The summed E-state index contributed by atoms with van der Waals surface area (Å²) in [4.78, 5) is 14.4. The van der Waals surface area contributed by atoms with E-state index in [-0.39, 0.29) is 18.0 Å². The number of nitrogens with two attached hydrogens (primary N) is 1. The lowest BCUT2D eigenvalue weighted by Crippen LogP contribution is -2.51. The highest BCUT2D eigenvalue weighted by Crippen LogP contribution is 2.21. The van der Waals surface area contributed by atoms with E-state index in [1.807, 2.05) is 37.8 Å². The van der Waals surface area contributed by atoms with Crippen LogP contribution in [0.3, 0.4) is 0 Å². The SMILES string of the molecule is Cc1ccc(C)c(OCCC(=O)N2CCCCC2C(C)N)c1. The van der Waals surface area contributed by atoms with Gasteiger partial charge in [-0.1, -0.05) is 12.1 Å². The molecule has 1 aliphatic rings. The number of ether oxygens (including phenoxy) is 1. The molecule has 0 radical (unpaired) electrons. The van der Waals surface area contributed by atoms with Gasteiger partial charge in [-0.3, -0.25) is 4.79 Å². The smallest absolute Gasteiger partial charge is 0.226 e. The summed E-state index contributed by atoms with van der Waals surface area (Å²) in [5, 5.41) is 0. The third kappa shape index (κ3) is 4.23. The van der Waals surface area contributed by atoms with E-state index >= 15 is 0 Å². The summed E-state index contributed by atoms with van der Waals surface area (Å²) in [6.45, 7) is 7.30. The molecule has 2 unspecified atom stereocenters. The summed E-state index contributed by atoms with van der Waals surface area (Å²) >= 11 is 0. The maximum absolute atomic E-state index is 12.4. The summed E-state index contributed by atoms with van der Waals surface area (Å²) in [7, 11) is 0. The van der Waals surface area contributed by atoms with E-state index in [2.05, 4.69) is 6.07 Å². The molecule has 22 heavy (non-hydrogen) atoms. The van der Waals surface area contributed by atoms with E-state index in [0.29, 0.717) is 13.0 Å². The van der Waals surface area contributed by atoms with Crippen molar-refractivity contribution in [3.63, 3.8) is 0 Å². The quantitative estimate of drug-likeness (QED) is 0.910. The molecule has 0 saturated carbocycles. The Morgan fingerprint density at radius 3 is 2.91 bits per heavy atom. The number of hydrogen-bond donors (Lipinski definition) is 1. The first kappa shape index (κ1) is 16.8. The van der Waals surface area contributed by atoms with E-state index in [1.165, 1.54) is 5.56 Å². The number of likely N-dealkylation sites (tertiary alicyclic amines) is 1. The summed E-state index contributed by atoms with van der Waals surface area (Å²) < 4.78 is 5.80. The van der Waals surface area contributed by atoms with Crippen molar-refractivity contribution in [2.75, 3.05) is 13.2 Å². The zero-order valence-electron chi connectivity index (χ0n) is 14.0. The Labute approximate surface area is 133 Å². The van der Waals surface area contributed by atoms with Crippen LogP contribution in [0.25, 0.3) is 0 Å². The molecule has 4 heteroatoms. The van der Waals surface area contributed by atoms with Crippen LogP contribution in [0.4, 0.5) is 0 Å². The minimum atomic E-state index is 0.0317. The third-order valence-corrected chi connectivity index (χ3v) is 4.39. The topological polar surface area (TPSA) is 55.6 Å². The number of rotatable bonds is 5. The Bertz CT molecular complexity index is 514. The van der Waals surface area contributed by atoms with E-state index in [4.69, 9.17) is 10.5 Å². The van der Waals surface area contributed by atoms with Crippen LogP contribution < -0.4 is 10.5 Å². The van der Waals surface area contributed by atoms with Crippen LogP contribution in [0.5, 0.6) is 5.75 Å². The van der Waals surface area contributed by atoms with Crippen LogP contribution in [0.2, 0.25) is 0 Å². The van der Waals surface area contributed by atoms with E-state index in [9.17, 15) is 4.79 Å². The predicted molar refractivity (Wildman–Crippen MR) is 89.0 cm³/mol. The van der Waals surface area contributed by atoms with Gasteiger partial charge in [-0.15, -0.1) is 0 Å². The number of piperidine rings is 1. The number of hydrogen-bond acceptors (Lipinski definition) is 3. The number of benzene rings is 1. The van der Waals surface area contributed by atoms with Crippen molar-refractivity contribution in [3.8, 4) is 5.75 Å². The van der Waals surface area contributed by atoms with Crippen LogP contribution in [0, 0.1) is 13.8 Å². The third-order valence-electron chi connectivity index (χ3n) is 4.39. The van der Waals surface area contributed by atoms with Crippen molar-refractivity contribution in [3.05, 3.63) is 29.3 Å². The van der Waals surface area contributed by atoms with Crippen molar-refractivity contribution in [2.45, 2.75) is 58.5 Å². The van der Waals surface area contributed by atoms with Crippen molar-refractivity contribution in [1.82, 2.24) is 4.90 Å². The average Bonchev–Trinajstić information content (AvgIpc) is 2.50. The standard InChI is InChI=1S/C18H28N2O2/c1-13-7-8-14(2)17(12-13)22-11-9-18(21)20-10-5-4-6-16(20)15(3)19/h7-8,12,15-16H,4-6,9-11,19H2,1-3H3. The number of aryl methyl sites for hydroxylation is 2. The molecule has 0 bridgehead atoms. The molecule has 1 amide bonds. The van der Waals surface area contributed by atoms with E-state index in [1.54, 1.807) is 0 Å². The highest BCUT2D eigenvalue weighted by Gasteiger charge is 2.28. The minimum absolute atomic E-state index is 0.0317. The molecule has 1 aromatic rings. The summed E-state index contributed by atoms with van der Waals surface area (Å²) in [6.07, 6.45) is 3.67. The van der Waals surface area contributed by atoms with Crippen molar-refractivity contribution < 1.29 is 9.53 Å². The second-order valence-corrected chi connectivity index (χ2v) is 6.38. The normalized spacial score (nSPS) is 19.8. The van der Waals surface area contributed by atoms with E-state index < -0.39 is 0 Å². The average molecular weight is 304 g/mol. The summed E-state index contributed by atoms with van der Waals surface area (Å²) in [6, 6.07) is 6.34. The molecule has 0 aliphatic carbocycles. The van der Waals surface area contributed by atoms with Gasteiger partial charge in [0.25, 0.3) is 0 Å². The van der Waals surface area contributed by atoms with Crippen LogP contribution >= 0.6 is 0 Å². The molecule has 1 aromatic carbocycles. The van der Waals surface area contributed by atoms with Crippen molar-refractivity contribution in [2.24, 2.45) is 5.73 Å². The molecule has 1 aliphatic heterocycles. The molecule has 0 aromatic heterocycles. The van der Waals surface area contributed by atoms with Gasteiger partial charge in [-0.2, -0.15) is 0 Å². The van der Waals surface area contributed by atoms with Crippen molar-refractivity contribution in [1.29, 1.82) is 0 Å². The van der Waals surface area contributed by atoms with Gasteiger partial charge >= 0.3 is 0 Å². The number of carbonyl (C=O) groups excluding carboxylic acids is 1. The molecule has 2 N–H and O–H groups in total.